The fourth-order valence-corrected chi connectivity index (χ4v) is 2.54. The average Bonchev–Trinajstić information content (AvgIpc) is 2.30. The quantitative estimate of drug-likeness (QED) is 0.621. The molecule has 0 aromatic heterocycles. The minimum atomic E-state index is -0.176. The molecule has 1 aliphatic carbocycles. The molecule has 4 N–H and O–H groups in total. The Hall–Kier alpha value is -0.160. The van der Waals surface area contributed by atoms with Crippen molar-refractivity contribution in [3.8, 4) is 0 Å². The SMILES string of the molecule is COCC(C)(CN)NC1CCCCC1CO. The van der Waals surface area contributed by atoms with Gasteiger partial charge in [-0.25, -0.2) is 0 Å². The molecule has 0 aromatic carbocycles. The summed E-state index contributed by atoms with van der Waals surface area (Å²) < 4.78 is 5.20. The van der Waals surface area contributed by atoms with Crippen molar-refractivity contribution in [3.63, 3.8) is 0 Å². The second-order valence-electron chi connectivity index (χ2n) is 5.18. The number of aliphatic hydroxyl groups is 1. The van der Waals surface area contributed by atoms with Crippen LogP contribution in [0.1, 0.15) is 32.6 Å². The van der Waals surface area contributed by atoms with Crippen molar-refractivity contribution in [1.29, 1.82) is 0 Å². The fraction of sp³-hybridized carbons (Fsp3) is 1.00. The van der Waals surface area contributed by atoms with Crippen LogP contribution in [0.5, 0.6) is 0 Å². The lowest BCUT2D eigenvalue weighted by molar-refractivity contribution is 0.0830. The van der Waals surface area contributed by atoms with Gasteiger partial charge in [-0.3, -0.25) is 0 Å². The minimum absolute atomic E-state index is 0.176. The Labute approximate surface area is 98.5 Å². The van der Waals surface area contributed by atoms with Crippen LogP contribution in [0.4, 0.5) is 0 Å². The lowest BCUT2D eigenvalue weighted by atomic mass is 9.83. The molecule has 4 heteroatoms. The molecular formula is C12H26N2O2. The van der Waals surface area contributed by atoms with E-state index in [9.17, 15) is 5.11 Å². The molecule has 0 heterocycles. The molecule has 0 amide bonds. The van der Waals surface area contributed by atoms with Crippen molar-refractivity contribution in [2.45, 2.75) is 44.2 Å². The summed E-state index contributed by atoms with van der Waals surface area (Å²) in [6.45, 7) is 3.51. The van der Waals surface area contributed by atoms with Crippen molar-refractivity contribution < 1.29 is 9.84 Å². The van der Waals surface area contributed by atoms with E-state index < -0.39 is 0 Å². The highest BCUT2D eigenvalue weighted by atomic mass is 16.5. The summed E-state index contributed by atoms with van der Waals surface area (Å²) in [6.07, 6.45) is 4.71. The van der Waals surface area contributed by atoms with Crippen LogP contribution in [0.15, 0.2) is 0 Å². The zero-order valence-electron chi connectivity index (χ0n) is 10.5. The van der Waals surface area contributed by atoms with Crippen LogP contribution in [0.2, 0.25) is 0 Å². The van der Waals surface area contributed by atoms with Gasteiger partial charge in [0.1, 0.15) is 0 Å². The van der Waals surface area contributed by atoms with Crippen LogP contribution >= 0.6 is 0 Å². The summed E-state index contributed by atoms with van der Waals surface area (Å²) in [6, 6.07) is 0.377. The van der Waals surface area contributed by atoms with Gasteiger partial charge >= 0.3 is 0 Å². The summed E-state index contributed by atoms with van der Waals surface area (Å²) in [5, 5.41) is 12.9. The molecule has 3 unspecified atom stereocenters. The molecule has 96 valence electrons. The second-order valence-corrected chi connectivity index (χ2v) is 5.18. The van der Waals surface area contributed by atoms with Crippen molar-refractivity contribution in [3.05, 3.63) is 0 Å². The maximum atomic E-state index is 9.36. The third-order valence-electron chi connectivity index (χ3n) is 3.59. The van der Waals surface area contributed by atoms with Gasteiger partial charge in [-0.1, -0.05) is 12.8 Å². The number of nitrogens with two attached hydrogens (primary N) is 1. The highest BCUT2D eigenvalue weighted by Gasteiger charge is 2.31. The number of ether oxygens (including phenoxy) is 1. The molecule has 4 nitrogen and oxygen atoms in total. The molecule has 0 aromatic rings. The predicted octanol–water partition coefficient (Wildman–Crippen LogP) is 0.491. The number of nitrogens with one attached hydrogen (secondary N) is 1. The third kappa shape index (κ3) is 3.70. The summed E-state index contributed by atoms with van der Waals surface area (Å²) in [4.78, 5) is 0. The Balaban J connectivity index is 2.54. The zero-order chi connectivity index (χ0) is 12.0. The van der Waals surface area contributed by atoms with Gasteiger partial charge in [0.05, 0.1) is 12.1 Å². The van der Waals surface area contributed by atoms with Gasteiger partial charge in [0.2, 0.25) is 0 Å². The predicted molar refractivity (Wildman–Crippen MR) is 65.3 cm³/mol. The number of hydrogen-bond acceptors (Lipinski definition) is 4. The van der Waals surface area contributed by atoms with Gasteiger partial charge in [0.25, 0.3) is 0 Å². The van der Waals surface area contributed by atoms with Crippen molar-refractivity contribution >= 4 is 0 Å². The van der Waals surface area contributed by atoms with Crippen LogP contribution in [0.25, 0.3) is 0 Å². The minimum Gasteiger partial charge on any atom is -0.396 e. The number of rotatable bonds is 6. The fourth-order valence-electron chi connectivity index (χ4n) is 2.54. The number of hydrogen-bond donors (Lipinski definition) is 3. The Morgan fingerprint density at radius 3 is 2.69 bits per heavy atom. The molecule has 0 aliphatic heterocycles. The maximum Gasteiger partial charge on any atom is 0.0654 e. The highest BCUT2D eigenvalue weighted by molar-refractivity contribution is 4.91. The molecular weight excluding hydrogens is 204 g/mol. The van der Waals surface area contributed by atoms with Gasteiger partial charge in [-0.2, -0.15) is 0 Å². The van der Waals surface area contributed by atoms with E-state index in [1.807, 2.05) is 0 Å². The first-order valence-corrected chi connectivity index (χ1v) is 6.23. The van der Waals surface area contributed by atoms with Crippen LogP contribution < -0.4 is 11.1 Å². The first kappa shape index (κ1) is 13.9. The van der Waals surface area contributed by atoms with E-state index >= 15 is 0 Å². The summed E-state index contributed by atoms with van der Waals surface area (Å²) in [5.41, 5.74) is 5.62. The number of methoxy groups -OCH3 is 1. The van der Waals surface area contributed by atoms with Crippen LogP contribution in [-0.4, -0.2) is 43.6 Å². The van der Waals surface area contributed by atoms with Crippen LogP contribution in [-0.2, 0) is 4.74 Å². The molecule has 16 heavy (non-hydrogen) atoms. The maximum absolute atomic E-state index is 9.36. The summed E-state index contributed by atoms with van der Waals surface area (Å²) >= 11 is 0. The molecule has 1 fully saturated rings. The van der Waals surface area contributed by atoms with Gasteiger partial charge in [-0.05, 0) is 25.7 Å². The summed E-state index contributed by atoms with van der Waals surface area (Å²) in [7, 11) is 1.69. The first-order chi connectivity index (χ1) is 7.65. The lowest BCUT2D eigenvalue weighted by Crippen LogP contribution is -2.58. The first-order valence-electron chi connectivity index (χ1n) is 6.23. The van der Waals surface area contributed by atoms with Gasteiger partial charge in [0, 0.05) is 26.3 Å². The van der Waals surface area contributed by atoms with Gasteiger partial charge in [0.15, 0.2) is 0 Å². The van der Waals surface area contributed by atoms with Gasteiger partial charge < -0.3 is 20.9 Å². The lowest BCUT2D eigenvalue weighted by Gasteiger charge is -2.39. The Morgan fingerprint density at radius 1 is 1.44 bits per heavy atom. The molecule has 0 bridgehead atoms. The van der Waals surface area contributed by atoms with E-state index in [-0.39, 0.29) is 12.1 Å². The molecule has 3 atom stereocenters. The number of aliphatic hydroxyl groups excluding tert-OH is 1. The van der Waals surface area contributed by atoms with Crippen molar-refractivity contribution in [2.75, 3.05) is 26.9 Å². The van der Waals surface area contributed by atoms with E-state index in [0.29, 0.717) is 25.1 Å². The van der Waals surface area contributed by atoms with Crippen molar-refractivity contribution in [2.24, 2.45) is 11.7 Å². The Bertz CT molecular complexity index is 201. The largest absolute Gasteiger partial charge is 0.396 e. The second kappa shape index (κ2) is 6.55. The van der Waals surface area contributed by atoms with E-state index in [0.717, 1.165) is 12.8 Å². The molecule has 1 aliphatic rings. The van der Waals surface area contributed by atoms with Gasteiger partial charge in [-0.15, -0.1) is 0 Å². The molecule has 0 spiro atoms. The Morgan fingerprint density at radius 2 is 2.12 bits per heavy atom. The topological polar surface area (TPSA) is 67.5 Å². The summed E-state index contributed by atoms with van der Waals surface area (Å²) in [5.74, 6) is 0.372. The molecule has 0 radical (unpaired) electrons. The standard InChI is InChI=1S/C12H26N2O2/c1-12(8-13,9-16-2)14-11-6-4-3-5-10(11)7-15/h10-11,14-15H,3-9,13H2,1-2H3. The molecule has 1 rings (SSSR count). The molecule has 0 saturated heterocycles. The monoisotopic (exact) mass is 230 g/mol. The third-order valence-corrected chi connectivity index (χ3v) is 3.59. The highest BCUT2D eigenvalue weighted by Crippen LogP contribution is 2.25. The van der Waals surface area contributed by atoms with Crippen LogP contribution in [0, 0.1) is 5.92 Å². The van der Waals surface area contributed by atoms with E-state index in [1.54, 1.807) is 7.11 Å². The van der Waals surface area contributed by atoms with Crippen LogP contribution in [0.3, 0.4) is 0 Å². The Kier molecular flexibility index (Phi) is 5.69. The normalized spacial score (nSPS) is 30.0. The molecule has 1 saturated carbocycles. The smallest absolute Gasteiger partial charge is 0.0654 e. The average molecular weight is 230 g/mol. The van der Waals surface area contributed by atoms with E-state index in [1.165, 1.54) is 12.8 Å². The van der Waals surface area contributed by atoms with E-state index in [2.05, 4.69) is 12.2 Å². The van der Waals surface area contributed by atoms with E-state index in [4.69, 9.17) is 10.5 Å². The van der Waals surface area contributed by atoms with Crippen molar-refractivity contribution in [1.82, 2.24) is 5.32 Å². The zero-order valence-corrected chi connectivity index (χ0v) is 10.5.